The quantitative estimate of drug-likeness (QED) is 0.770. The van der Waals surface area contributed by atoms with Gasteiger partial charge in [0.2, 0.25) is 0 Å². The summed E-state index contributed by atoms with van der Waals surface area (Å²) in [6, 6.07) is 1.41. The van der Waals surface area contributed by atoms with Gasteiger partial charge in [-0.2, -0.15) is 0 Å². The van der Waals surface area contributed by atoms with Crippen LogP contribution in [0, 0.1) is 11.8 Å². The predicted molar refractivity (Wildman–Crippen MR) is 69.4 cm³/mol. The highest BCUT2D eigenvalue weighted by Crippen LogP contribution is 2.30. The van der Waals surface area contributed by atoms with Crippen LogP contribution in [-0.4, -0.2) is 18.6 Å². The Morgan fingerprint density at radius 2 is 1.69 bits per heavy atom. The Morgan fingerprint density at radius 3 is 2.38 bits per heavy atom. The maximum Gasteiger partial charge on any atom is 0.0110 e. The third-order valence-electron chi connectivity index (χ3n) is 4.80. The topological polar surface area (TPSA) is 38.0 Å². The van der Waals surface area contributed by atoms with Crippen LogP contribution in [0.15, 0.2) is 0 Å². The van der Waals surface area contributed by atoms with E-state index in [0.29, 0.717) is 12.1 Å². The molecule has 0 bridgehead atoms. The van der Waals surface area contributed by atoms with Crippen LogP contribution in [0.5, 0.6) is 0 Å². The fourth-order valence-corrected chi connectivity index (χ4v) is 3.64. The molecule has 2 nitrogen and oxygen atoms in total. The third-order valence-corrected chi connectivity index (χ3v) is 4.80. The molecule has 0 aromatic heterocycles. The van der Waals surface area contributed by atoms with E-state index in [1.807, 2.05) is 0 Å². The van der Waals surface area contributed by atoms with Crippen molar-refractivity contribution < 1.29 is 0 Å². The van der Waals surface area contributed by atoms with Gasteiger partial charge in [-0.1, -0.05) is 25.7 Å². The summed E-state index contributed by atoms with van der Waals surface area (Å²) in [6.45, 7) is 3.26. The van der Waals surface area contributed by atoms with Gasteiger partial charge in [0.1, 0.15) is 0 Å². The van der Waals surface area contributed by atoms with E-state index < -0.39 is 0 Å². The van der Waals surface area contributed by atoms with Crippen molar-refractivity contribution in [2.24, 2.45) is 17.6 Å². The number of nitrogens with one attached hydrogen (secondary N) is 1. The molecule has 0 saturated heterocycles. The Balaban J connectivity index is 1.81. The molecule has 2 rings (SSSR count). The van der Waals surface area contributed by atoms with Crippen LogP contribution in [0.2, 0.25) is 0 Å². The lowest BCUT2D eigenvalue weighted by atomic mass is 9.83. The summed E-state index contributed by atoms with van der Waals surface area (Å²) in [4.78, 5) is 0. The molecule has 0 radical (unpaired) electrons. The standard InChI is InChI=1S/C14H28N2/c1-11(12-6-2-3-7-12)16-14-9-5-4-8-13(14)10-15/h11-14,16H,2-10,15H2,1H3. The molecule has 0 aromatic carbocycles. The molecular weight excluding hydrogens is 196 g/mol. The fourth-order valence-electron chi connectivity index (χ4n) is 3.64. The smallest absolute Gasteiger partial charge is 0.0110 e. The highest BCUT2D eigenvalue weighted by Gasteiger charge is 2.28. The minimum atomic E-state index is 0.703. The summed E-state index contributed by atoms with van der Waals surface area (Å²) >= 11 is 0. The van der Waals surface area contributed by atoms with E-state index in [4.69, 9.17) is 5.73 Å². The Hall–Kier alpha value is -0.0800. The second-order valence-corrected chi connectivity index (χ2v) is 5.89. The maximum atomic E-state index is 5.88. The highest BCUT2D eigenvalue weighted by atomic mass is 15.0. The van der Waals surface area contributed by atoms with Crippen molar-refractivity contribution in [3.8, 4) is 0 Å². The molecule has 3 atom stereocenters. The van der Waals surface area contributed by atoms with Crippen molar-refractivity contribution in [1.82, 2.24) is 5.32 Å². The lowest BCUT2D eigenvalue weighted by Gasteiger charge is -2.35. The number of rotatable bonds is 4. The second kappa shape index (κ2) is 6.02. The van der Waals surface area contributed by atoms with Crippen molar-refractivity contribution in [3.63, 3.8) is 0 Å². The minimum Gasteiger partial charge on any atom is -0.330 e. The number of hydrogen-bond acceptors (Lipinski definition) is 2. The molecule has 2 saturated carbocycles. The third kappa shape index (κ3) is 2.98. The van der Waals surface area contributed by atoms with Crippen LogP contribution >= 0.6 is 0 Å². The average Bonchev–Trinajstić information content (AvgIpc) is 2.83. The van der Waals surface area contributed by atoms with Gasteiger partial charge >= 0.3 is 0 Å². The van der Waals surface area contributed by atoms with Crippen molar-refractivity contribution >= 4 is 0 Å². The van der Waals surface area contributed by atoms with Crippen LogP contribution in [0.3, 0.4) is 0 Å². The summed E-state index contributed by atoms with van der Waals surface area (Å²) in [5.41, 5.74) is 5.88. The average molecular weight is 224 g/mol. The Kier molecular flexibility index (Phi) is 4.66. The van der Waals surface area contributed by atoms with E-state index in [0.717, 1.165) is 18.4 Å². The second-order valence-electron chi connectivity index (χ2n) is 5.89. The molecule has 0 heterocycles. The first kappa shape index (κ1) is 12.4. The minimum absolute atomic E-state index is 0.703. The first-order chi connectivity index (χ1) is 7.81. The number of nitrogens with two attached hydrogens (primary N) is 1. The molecule has 3 unspecified atom stereocenters. The van der Waals surface area contributed by atoms with Gasteiger partial charge in [0.15, 0.2) is 0 Å². The summed E-state index contributed by atoms with van der Waals surface area (Å²) < 4.78 is 0. The predicted octanol–water partition coefficient (Wildman–Crippen LogP) is 2.67. The van der Waals surface area contributed by atoms with Gasteiger partial charge in [0, 0.05) is 12.1 Å². The van der Waals surface area contributed by atoms with Gasteiger partial charge in [0.05, 0.1) is 0 Å². The molecular formula is C14H28N2. The SMILES string of the molecule is CC(NC1CCCCC1CN)C1CCCC1. The molecule has 2 fully saturated rings. The van der Waals surface area contributed by atoms with E-state index in [2.05, 4.69) is 12.2 Å². The van der Waals surface area contributed by atoms with Gasteiger partial charge in [-0.15, -0.1) is 0 Å². The van der Waals surface area contributed by atoms with Gasteiger partial charge in [-0.05, 0) is 51.0 Å². The van der Waals surface area contributed by atoms with Crippen LogP contribution in [-0.2, 0) is 0 Å². The lowest BCUT2D eigenvalue weighted by molar-refractivity contribution is 0.227. The maximum absolute atomic E-state index is 5.88. The van der Waals surface area contributed by atoms with Crippen LogP contribution in [0.25, 0.3) is 0 Å². The summed E-state index contributed by atoms with van der Waals surface area (Å²) in [7, 11) is 0. The molecule has 2 aliphatic carbocycles. The zero-order valence-corrected chi connectivity index (χ0v) is 10.8. The van der Waals surface area contributed by atoms with Gasteiger partial charge in [0.25, 0.3) is 0 Å². The molecule has 2 aliphatic rings. The van der Waals surface area contributed by atoms with Crippen molar-refractivity contribution in [3.05, 3.63) is 0 Å². The van der Waals surface area contributed by atoms with Crippen molar-refractivity contribution in [1.29, 1.82) is 0 Å². The van der Waals surface area contributed by atoms with E-state index >= 15 is 0 Å². The Bertz CT molecular complexity index is 199. The molecule has 16 heavy (non-hydrogen) atoms. The first-order valence-corrected chi connectivity index (χ1v) is 7.27. The highest BCUT2D eigenvalue weighted by molar-refractivity contribution is 4.86. The van der Waals surface area contributed by atoms with Crippen LogP contribution < -0.4 is 11.1 Å². The first-order valence-electron chi connectivity index (χ1n) is 7.27. The van der Waals surface area contributed by atoms with Gasteiger partial charge in [-0.25, -0.2) is 0 Å². The van der Waals surface area contributed by atoms with Crippen molar-refractivity contribution in [2.45, 2.75) is 70.4 Å². The van der Waals surface area contributed by atoms with E-state index in [1.165, 1.54) is 51.4 Å². The summed E-state index contributed by atoms with van der Waals surface area (Å²) in [5.74, 6) is 1.66. The molecule has 3 N–H and O–H groups in total. The molecule has 0 spiro atoms. The molecule has 0 amide bonds. The van der Waals surface area contributed by atoms with Crippen molar-refractivity contribution in [2.75, 3.05) is 6.54 Å². The number of hydrogen-bond donors (Lipinski definition) is 2. The lowest BCUT2D eigenvalue weighted by Crippen LogP contribution is -2.47. The van der Waals surface area contributed by atoms with Gasteiger partial charge < -0.3 is 11.1 Å². The van der Waals surface area contributed by atoms with E-state index in [1.54, 1.807) is 0 Å². The summed E-state index contributed by atoms with van der Waals surface area (Å²) in [6.07, 6.45) is 11.2. The molecule has 2 heteroatoms. The zero-order valence-electron chi connectivity index (χ0n) is 10.8. The zero-order chi connectivity index (χ0) is 11.4. The normalized spacial score (nSPS) is 34.1. The largest absolute Gasteiger partial charge is 0.330 e. The monoisotopic (exact) mass is 224 g/mol. The summed E-state index contributed by atoms with van der Waals surface area (Å²) in [5, 5.41) is 3.88. The van der Waals surface area contributed by atoms with E-state index in [9.17, 15) is 0 Å². The van der Waals surface area contributed by atoms with E-state index in [-0.39, 0.29) is 0 Å². The fraction of sp³-hybridized carbons (Fsp3) is 1.00. The molecule has 0 aromatic rings. The van der Waals surface area contributed by atoms with Crippen LogP contribution in [0.4, 0.5) is 0 Å². The Labute approximate surface area is 100 Å². The van der Waals surface area contributed by atoms with Gasteiger partial charge in [-0.3, -0.25) is 0 Å². The Morgan fingerprint density at radius 1 is 1.06 bits per heavy atom. The van der Waals surface area contributed by atoms with Crippen LogP contribution in [0.1, 0.15) is 58.3 Å². The molecule has 94 valence electrons. The molecule has 0 aliphatic heterocycles.